The van der Waals surface area contributed by atoms with Gasteiger partial charge in [0.2, 0.25) is 0 Å². The Bertz CT molecular complexity index is 1260. The van der Waals surface area contributed by atoms with E-state index in [-0.39, 0.29) is 11.5 Å². The van der Waals surface area contributed by atoms with Gasteiger partial charge in [-0.15, -0.1) is 0 Å². The smallest absolute Gasteiger partial charge is 0.274 e. The lowest BCUT2D eigenvalue weighted by Crippen LogP contribution is -2.40. The van der Waals surface area contributed by atoms with Gasteiger partial charge in [-0.05, 0) is 24.5 Å². The molecule has 4 aromatic rings. The first-order chi connectivity index (χ1) is 15.2. The number of hydrogen-bond donors (Lipinski definition) is 0. The molecule has 31 heavy (non-hydrogen) atoms. The number of imidazole rings is 1. The van der Waals surface area contributed by atoms with Gasteiger partial charge >= 0.3 is 0 Å². The van der Waals surface area contributed by atoms with Crippen LogP contribution in [0.1, 0.15) is 34.9 Å². The average molecular weight is 413 g/mol. The second kappa shape index (κ2) is 8.18. The minimum Gasteiger partial charge on any atom is -0.337 e. The van der Waals surface area contributed by atoms with Crippen LogP contribution in [-0.2, 0) is 6.54 Å². The van der Waals surface area contributed by atoms with Crippen LogP contribution in [0.15, 0.2) is 78.1 Å². The molecule has 1 saturated heterocycles. The summed E-state index contributed by atoms with van der Waals surface area (Å²) in [5, 5.41) is 5.67. The van der Waals surface area contributed by atoms with Gasteiger partial charge in [0.05, 0.1) is 18.3 Å². The second-order valence-electron chi connectivity index (χ2n) is 7.88. The first kappa shape index (κ1) is 19.2. The van der Waals surface area contributed by atoms with Crippen LogP contribution in [0.2, 0.25) is 0 Å². The number of benzene rings is 2. The fraction of sp³-hybridized carbons (Fsp3) is 0.250. The highest BCUT2D eigenvalue weighted by Crippen LogP contribution is 2.24. The van der Waals surface area contributed by atoms with E-state index in [2.05, 4.69) is 14.6 Å². The summed E-state index contributed by atoms with van der Waals surface area (Å²) in [6, 6.07) is 17.3. The molecule has 0 unspecified atom stereocenters. The van der Waals surface area contributed by atoms with E-state index in [0.717, 1.165) is 18.4 Å². The molecule has 0 radical (unpaired) electrons. The molecule has 1 fully saturated rings. The molecule has 1 aliphatic heterocycles. The molecule has 0 atom stereocenters. The van der Waals surface area contributed by atoms with Crippen LogP contribution in [-0.4, -0.2) is 43.2 Å². The Balaban J connectivity index is 1.46. The number of carbonyl (C=O) groups excluding carboxylic acids is 1. The van der Waals surface area contributed by atoms with E-state index >= 15 is 0 Å². The zero-order chi connectivity index (χ0) is 21.2. The van der Waals surface area contributed by atoms with Crippen LogP contribution in [0.4, 0.5) is 0 Å². The monoisotopic (exact) mass is 413 g/mol. The molecule has 0 aliphatic carbocycles. The summed E-state index contributed by atoms with van der Waals surface area (Å²) in [5.74, 6) is -0.123. The van der Waals surface area contributed by atoms with E-state index in [0.29, 0.717) is 42.1 Å². The first-order valence-electron chi connectivity index (χ1n) is 10.5. The molecule has 2 aromatic heterocycles. The normalized spacial score (nSPS) is 14.8. The van der Waals surface area contributed by atoms with Gasteiger partial charge in [-0.25, -0.2) is 9.67 Å². The molecule has 7 heteroatoms. The Labute approximate surface area is 179 Å². The topological polar surface area (TPSA) is 73.0 Å². The SMILES string of the molecule is O=C(c1nn(Cc2ccccc2)c(=O)c2ccccc12)N1CCC(n2ccnc2)CC1. The molecule has 3 heterocycles. The summed E-state index contributed by atoms with van der Waals surface area (Å²) in [6.07, 6.45) is 7.31. The first-order valence-corrected chi connectivity index (χ1v) is 10.5. The van der Waals surface area contributed by atoms with E-state index in [4.69, 9.17) is 0 Å². The Hall–Kier alpha value is -3.74. The van der Waals surface area contributed by atoms with Crippen molar-refractivity contribution in [1.29, 1.82) is 0 Å². The summed E-state index contributed by atoms with van der Waals surface area (Å²) in [6.45, 7) is 1.62. The number of likely N-dealkylation sites (tertiary alicyclic amines) is 1. The maximum Gasteiger partial charge on any atom is 0.274 e. The predicted octanol–water partition coefficient (Wildman–Crippen LogP) is 3.12. The highest BCUT2D eigenvalue weighted by molar-refractivity contribution is 6.04. The second-order valence-corrected chi connectivity index (χ2v) is 7.88. The predicted molar refractivity (Wildman–Crippen MR) is 118 cm³/mol. The summed E-state index contributed by atoms with van der Waals surface area (Å²) in [7, 11) is 0. The molecule has 156 valence electrons. The van der Waals surface area contributed by atoms with Crippen LogP contribution in [0.3, 0.4) is 0 Å². The van der Waals surface area contributed by atoms with Crippen LogP contribution < -0.4 is 5.56 Å². The molecule has 5 rings (SSSR count). The maximum atomic E-state index is 13.5. The lowest BCUT2D eigenvalue weighted by molar-refractivity contribution is 0.0688. The molecule has 0 bridgehead atoms. The van der Waals surface area contributed by atoms with Gasteiger partial charge in [0.25, 0.3) is 11.5 Å². The maximum absolute atomic E-state index is 13.5. The van der Waals surface area contributed by atoms with Crippen molar-refractivity contribution in [3.63, 3.8) is 0 Å². The molecule has 7 nitrogen and oxygen atoms in total. The van der Waals surface area contributed by atoms with Gasteiger partial charge in [-0.2, -0.15) is 5.10 Å². The number of rotatable bonds is 4. The number of fused-ring (bicyclic) bond motifs is 1. The van der Waals surface area contributed by atoms with E-state index in [1.807, 2.05) is 66.0 Å². The lowest BCUT2D eigenvalue weighted by atomic mass is 10.0. The molecular weight excluding hydrogens is 390 g/mol. The third kappa shape index (κ3) is 3.74. The van der Waals surface area contributed by atoms with Crippen molar-refractivity contribution in [2.75, 3.05) is 13.1 Å². The van der Waals surface area contributed by atoms with E-state index in [9.17, 15) is 9.59 Å². The Kier molecular flexibility index (Phi) is 5.08. The van der Waals surface area contributed by atoms with Crippen molar-refractivity contribution >= 4 is 16.7 Å². The van der Waals surface area contributed by atoms with Crippen LogP contribution >= 0.6 is 0 Å². The standard InChI is InChI=1S/C24H23N5O2/c30-23-21-9-5-4-8-20(21)22(26-29(23)16-18-6-2-1-3-7-18)24(31)27-13-10-19(11-14-27)28-15-12-25-17-28/h1-9,12,15,17,19H,10-11,13-14,16H2. The number of nitrogens with zero attached hydrogens (tertiary/aromatic N) is 5. The Morgan fingerprint density at radius 1 is 0.968 bits per heavy atom. The van der Waals surface area contributed by atoms with Gasteiger partial charge in [0.15, 0.2) is 5.69 Å². The van der Waals surface area contributed by atoms with Gasteiger partial charge in [0, 0.05) is 36.9 Å². The summed E-state index contributed by atoms with van der Waals surface area (Å²) >= 11 is 0. The summed E-state index contributed by atoms with van der Waals surface area (Å²) < 4.78 is 3.51. The highest BCUT2D eigenvalue weighted by atomic mass is 16.2. The number of amides is 1. The van der Waals surface area contributed by atoms with Crippen molar-refractivity contribution < 1.29 is 4.79 Å². The third-order valence-corrected chi connectivity index (χ3v) is 5.94. The highest BCUT2D eigenvalue weighted by Gasteiger charge is 2.27. The van der Waals surface area contributed by atoms with Crippen LogP contribution in [0.5, 0.6) is 0 Å². The zero-order valence-electron chi connectivity index (χ0n) is 17.1. The molecule has 1 amide bonds. The average Bonchev–Trinajstić information content (AvgIpc) is 3.36. The summed E-state index contributed by atoms with van der Waals surface area (Å²) in [5.41, 5.74) is 1.12. The quantitative estimate of drug-likeness (QED) is 0.515. The number of hydrogen-bond acceptors (Lipinski definition) is 4. The van der Waals surface area contributed by atoms with Crippen molar-refractivity contribution in [3.8, 4) is 0 Å². The van der Waals surface area contributed by atoms with Crippen LogP contribution in [0.25, 0.3) is 10.8 Å². The molecule has 0 spiro atoms. The van der Waals surface area contributed by atoms with Gasteiger partial charge < -0.3 is 9.47 Å². The van der Waals surface area contributed by atoms with Crippen molar-refractivity contribution in [3.05, 3.63) is 94.9 Å². The van der Waals surface area contributed by atoms with Crippen molar-refractivity contribution in [2.24, 2.45) is 0 Å². The fourth-order valence-corrected chi connectivity index (χ4v) is 4.26. The van der Waals surface area contributed by atoms with E-state index in [1.165, 1.54) is 4.68 Å². The van der Waals surface area contributed by atoms with Crippen LogP contribution in [0, 0.1) is 0 Å². The lowest BCUT2D eigenvalue weighted by Gasteiger charge is -2.32. The van der Waals surface area contributed by atoms with Crippen molar-refractivity contribution in [1.82, 2.24) is 24.2 Å². The van der Waals surface area contributed by atoms with E-state index in [1.54, 1.807) is 12.3 Å². The fourth-order valence-electron chi connectivity index (χ4n) is 4.26. The molecule has 2 aromatic carbocycles. The Morgan fingerprint density at radius 2 is 1.68 bits per heavy atom. The van der Waals surface area contributed by atoms with Crippen molar-refractivity contribution in [2.45, 2.75) is 25.4 Å². The van der Waals surface area contributed by atoms with Gasteiger partial charge in [0.1, 0.15) is 0 Å². The molecule has 0 N–H and O–H groups in total. The number of piperidine rings is 1. The van der Waals surface area contributed by atoms with Gasteiger partial charge in [-0.3, -0.25) is 9.59 Å². The Morgan fingerprint density at radius 3 is 2.39 bits per heavy atom. The number of aromatic nitrogens is 4. The minimum atomic E-state index is -0.185. The zero-order valence-corrected chi connectivity index (χ0v) is 17.1. The van der Waals surface area contributed by atoms with E-state index < -0.39 is 0 Å². The van der Waals surface area contributed by atoms with Gasteiger partial charge in [-0.1, -0.05) is 48.5 Å². The largest absolute Gasteiger partial charge is 0.337 e. The molecule has 0 saturated carbocycles. The third-order valence-electron chi connectivity index (χ3n) is 5.94. The molecule has 1 aliphatic rings. The molecular formula is C24H23N5O2. The number of carbonyl (C=O) groups is 1. The minimum absolute atomic E-state index is 0.123. The summed E-state index contributed by atoms with van der Waals surface area (Å²) in [4.78, 5) is 32.4.